The Bertz CT molecular complexity index is 1640. The topological polar surface area (TPSA) is 72.8 Å². The van der Waals surface area contributed by atoms with Crippen molar-refractivity contribution < 1.29 is 14.2 Å². The fraction of sp³-hybridized carbons (Fsp3) is 0.229. The molecule has 0 radical (unpaired) electrons. The molecule has 1 saturated heterocycles. The molecule has 1 aromatic heterocycles. The molecule has 0 saturated carbocycles. The number of rotatable bonds is 10. The molecule has 220 valence electrons. The van der Waals surface area contributed by atoms with Crippen LogP contribution >= 0.6 is 0 Å². The van der Waals surface area contributed by atoms with Crippen LogP contribution < -0.4 is 25.0 Å². The molecule has 8 heteroatoms. The molecular formula is C35H37N5O3. The van der Waals surface area contributed by atoms with Crippen LogP contribution in [0.4, 0.5) is 0 Å². The normalized spacial score (nSPS) is 14.3. The SMILES string of the molecule is COc1ccc(-c2nc(-c3ccccc3)c(-c3ccccc3)n2C(NN2CCNCC2)c2ccccc2)c(OC)c1OC. The summed E-state index contributed by atoms with van der Waals surface area (Å²) >= 11 is 0. The van der Waals surface area contributed by atoms with E-state index < -0.39 is 0 Å². The second kappa shape index (κ2) is 13.1. The number of aromatic nitrogens is 2. The minimum Gasteiger partial charge on any atom is -0.493 e. The molecule has 1 atom stereocenters. The molecular weight excluding hydrogens is 538 g/mol. The molecule has 4 aromatic carbocycles. The number of ether oxygens (including phenoxy) is 3. The van der Waals surface area contributed by atoms with Gasteiger partial charge in [-0.25, -0.2) is 15.4 Å². The molecule has 1 aliphatic rings. The minimum absolute atomic E-state index is 0.285. The summed E-state index contributed by atoms with van der Waals surface area (Å²) in [5.74, 6) is 2.41. The van der Waals surface area contributed by atoms with Crippen LogP contribution in [0, 0.1) is 0 Å². The number of hydrazine groups is 1. The van der Waals surface area contributed by atoms with E-state index in [4.69, 9.17) is 19.2 Å². The van der Waals surface area contributed by atoms with Gasteiger partial charge in [-0.05, 0) is 17.7 Å². The standard InChI is InChI=1S/C35H37N5O3/c1-41-29-20-19-28(32(42-2)33(29)43-3)35-37-30(25-13-7-4-8-14-25)31(26-15-9-5-10-16-26)40(35)34(27-17-11-6-12-18-27)38-39-23-21-36-22-24-39/h4-20,34,36,38H,21-24H2,1-3H3. The van der Waals surface area contributed by atoms with Crippen molar-refractivity contribution in [1.29, 1.82) is 0 Å². The summed E-state index contributed by atoms with van der Waals surface area (Å²) < 4.78 is 19.8. The van der Waals surface area contributed by atoms with Crippen molar-refractivity contribution in [3.63, 3.8) is 0 Å². The number of nitrogens with one attached hydrogen (secondary N) is 2. The summed E-state index contributed by atoms with van der Waals surface area (Å²) in [6.07, 6.45) is -0.285. The Kier molecular flexibility index (Phi) is 8.70. The zero-order valence-corrected chi connectivity index (χ0v) is 24.8. The van der Waals surface area contributed by atoms with E-state index in [9.17, 15) is 0 Å². The summed E-state index contributed by atoms with van der Waals surface area (Å²) in [7, 11) is 4.90. The van der Waals surface area contributed by atoms with Gasteiger partial charge in [0.2, 0.25) is 5.75 Å². The molecule has 0 bridgehead atoms. The molecule has 6 rings (SSSR count). The molecule has 2 heterocycles. The lowest BCUT2D eigenvalue weighted by molar-refractivity contribution is 0.128. The van der Waals surface area contributed by atoms with Crippen LogP contribution in [0.2, 0.25) is 0 Å². The quantitative estimate of drug-likeness (QED) is 0.216. The van der Waals surface area contributed by atoms with Crippen molar-refractivity contribution in [3.8, 4) is 51.2 Å². The van der Waals surface area contributed by atoms with E-state index in [-0.39, 0.29) is 6.17 Å². The Balaban J connectivity index is 1.70. The fourth-order valence-electron chi connectivity index (χ4n) is 5.70. The molecule has 43 heavy (non-hydrogen) atoms. The highest BCUT2D eigenvalue weighted by Gasteiger charge is 2.31. The first-order chi connectivity index (χ1) is 21.2. The van der Waals surface area contributed by atoms with Crippen LogP contribution in [-0.2, 0) is 0 Å². The Morgan fingerprint density at radius 2 is 1.30 bits per heavy atom. The van der Waals surface area contributed by atoms with Gasteiger partial charge in [0.15, 0.2) is 11.5 Å². The van der Waals surface area contributed by atoms with Crippen molar-refractivity contribution in [2.75, 3.05) is 47.5 Å². The maximum Gasteiger partial charge on any atom is 0.204 e. The third kappa shape index (κ3) is 5.72. The molecule has 1 aliphatic heterocycles. The van der Waals surface area contributed by atoms with Crippen molar-refractivity contribution in [1.82, 2.24) is 25.3 Å². The summed E-state index contributed by atoms with van der Waals surface area (Å²) in [5.41, 5.74) is 9.74. The lowest BCUT2D eigenvalue weighted by atomic mass is 10.0. The van der Waals surface area contributed by atoms with Gasteiger partial charge in [-0.15, -0.1) is 0 Å². The molecule has 2 N–H and O–H groups in total. The van der Waals surface area contributed by atoms with Crippen molar-refractivity contribution in [2.45, 2.75) is 6.17 Å². The van der Waals surface area contributed by atoms with E-state index in [1.165, 1.54) is 0 Å². The van der Waals surface area contributed by atoms with Gasteiger partial charge in [-0.2, -0.15) is 0 Å². The van der Waals surface area contributed by atoms with Crippen molar-refractivity contribution in [2.24, 2.45) is 0 Å². The second-order valence-corrected chi connectivity index (χ2v) is 10.3. The molecule has 8 nitrogen and oxygen atoms in total. The first kappa shape index (κ1) is 28.5. The summed E-state index contributed by atoms with van der Waals surface area (Å²) in [6, 6.07) is 35.2. The maximum absolute atomic E-state index is 6.02. The lowest BCUT2D eigenvalue weighted by Crippen LogP contribution is -2.52. The average molecular weight is 576 g/mol. The molecule has 1 fully saturated rings. The summed E-state index contributed by atoms with van der Waals surface area (Å²) in [5, 5.41) is 5.76. The molecule has 0 spiro atoms. The van der Waals surface area contributed by atoms with Gasteiger partial charge in [0.05, 0.1) is 38.3 Å². The van der Waals surface area contributed by atoms with Crippen LogP contribution in [0.15, 0.2) is 103 Å². The van der Waals surface area contributed by atoms with Gasteiger partial charge >= 0.3 is 0 Å². The fourth-order valence-corrected chi connectivity index (χ4v) is 5.70. The van der Waals surface area contributed by atoms with E-state index in [0.29, 0.717) is 17.2 Å². The van der Waals surface area contributed by atoms with Crippen LogP contribution in [0.25, 0.3) is 33.9 Å². The number of piperazine rings is 1. The van der Waals surface area contributed by atoms with Crippen LogP contribution in [-0.4, -0.2) is 62.1 Å². The van der Waals surface area contributed by atoms with Gasteiger partial charge in [0.25, 0.3) is 0 Å². The second-order valence-electron chi connectivity index (χ2n) is 10.3. The van der Waals surface area contributed by atoms with Crippen molar-refractivity contribution in [3.05, 3.63) is 109 Å². The van der Waals surface area contributed by atoms with E-state index in [1.807, 2.05) is 42.5 Å². The third-order valence-electron chi connectivity index (χ3n) is 7.75. The maximum atomic E-state index is 6.02. The third-order valence-corrected chi connectivity index (χ3v) is 7.75. The van der Waals surface area contributed by atoms with Gasteiger partial charge in [-0.1, -0.05) is 91.0 Å². The molecule has 5 aromatic rings. The zero-order valence-electron chi connectivity index (χ0n) is 24.8. The molecule has 0 aliphatic carbocycles. The average Bonchev–Trinajstić information content (AvgIpc) is 3.48. The largest absolute Gasteiger partial charge is 0.493 e. The number of nitrogens with zero attached hydrogens (tertiary/aromatic N) is 3. The first-order valence-corrected chi connectivity index (χ1v) is 14.5. The summed E-state index contributed by atoms with van der Waals surface area (Å²) in [6.45, 7) is 3.57. The van der Waals surface area contributed by atoms with Crippen LogP contribution in [0.5, 0.6) is 17.2 Å². The van der Waals surface area contributed by atoms with E-state index in [2.05, 4.69) is 81.0 Å². The van der Waals surface area contributed by atoms with Crippen LogP contribution in [0.3, 0.4) is 0 Å². The Hall–Kier alpha value is -4.63. The van der Waals surface area contributed by atoms with E-state index in [0.717, 1.165) is 65.6 Å². The van der Waals surface area contributed by atoms with Gasteiger partial charge < -0.3 is 24.1 Å². The number of hydrogen-bond donors (Lipinski definition) is 2. The number of imidazole rings is 1. The smallest absolute Gasteiger partial charge is 0.204 e. The Morgan fingerprint density at radius 3 is 1.91 bits per heavy atom. The number of benzene rings is 4. The molecule has 1 unspecified atom stereocenters. The van der Waals surface area contributed by atoms with Gasteiger partial charge in [-0.3, -0.25) is 0 Å². The highest BCUT2D eigenvalue weighted by atomic mass is 16.5. The predicted octanol–water partition coefficient (Wildman–Crippen LogP) is 5.87. The minimum atomic E-state index is -0.285. The van der Waals surface area contributed by atoms with Gasteiger partial charge in [0.1, 0.15) is 12.0 Å². The van der Waals surface area contributed by atoms with Crippen molar-refractivity contribution >= 4 is 0 Å². The van der Waals surface area contributed by atoms with E-state index in [1.54, 1.807) is 21.3 Å². The Labute approximate surface area is 252 Å². The number of methoxy groups -OCH3 is 3. The highest BCUT2D eigenvalue weighted by Crippen LogP contribution is 2.47. The zero-order chi connectivity index (χ0) is 29.6. The van der Waals surface area contributed by atoms with Crippen LogP contribution in [0.1, 0.15) is 11.7 Å². The lowest BCUT2D eigenvalue weighted by Gasteiger charge is -2.34. The molecule has 0 amide bonds. The highest BCUT2D eigenvalue weighted by molar-refractivity contribution is 5.84. The van der Waals surface area contributed by atoms with Gasteiger partial charge in [0, 0.05) is 37.3 Å². The summed E-state index contributed by atoms with van der Waals surface area (Å²) in [4.78, 5) is 5.42. The monoisotopic (exact) mass is 575 g/mol. The first-order valence-electron chi connectivity index (χ1n) is 14.5. The predicted molar refractivity (Wildman–Crippen MR) is 170 cm³/mol. The Morgan fingerprint density at radius 1 is 0.698 bits per heavy atom. The number of hydrogen-bond acceptors (Lipinski definition) is 7. The van der Waals surface area contributed by atoms with E-state index >= 15 is 0 Å².